The van der Waals surface area contributed by atoms with Crippen molar-refractivity contribution in [3.8, 4) is 0 Å². The van der Waals surface area contributed by atoms with Crippen LogP contribution in [0.5, 0.6) is 0 Å². The highest BCUT2D eigenvalue weighted by Gasteiger charge is 2.23. The second-order valence-electron chi connectivity index (χ2n) is 6.70. The third-order valence-corrected chi connectivity index (χ3v) is 4.15. The van der Waals surface area contributed by atoms with Gasteiger partial charge >= 0.3 is 6.03 Å². The van der Waals surface area contributed by atoms with E-state index >= 15 is 0 Å². The molecule has 23 heavy (non-hydrogen) atoms. The fourth-order valence-electron chi connectivity index (χ4n) is 2.91. The first-order chi connectivity index (χ1) is 11.0. The zero-order chi connectivity index (χ0) is 16.8. The van der Waals surface area contributed by atoms with Gasteiger partial charge in [-0.25, -0.2) is 4.79 Å². The van der Waals surface area contributed by atoms with Gasteiger partial charge in [-0.2, -0.15) is 0 Å². The van der Waals surface area contributed by atoms with Crippen molar-refractivity contribution in [2.24, 2.45) is 5.92 Å². The Morgan fingerprint density at radius 3 is 2.65 bits per heavy atom. The minimum absolute atomic E-state index is 0.0311. The minimum atomic E-state index is -0.169. The predicted octanol–water partition coefficient (Wildman–Crippen LogP) is 2.31. The van der Waals surface area contributed by atoms with Crippen molar-refractivity contribution in [3.05, 3.63) is 35.4 Å². The maximum Gasteiger partial charge on any atom is 0.315 e. The van der Waals surface area contributed by atoms with Crippen LogP contribution in [0.25, 0.3) is 0 Å². The highest BCUT2D eigenvalue weighted by molar-refractivity contribution is 5.78. The quantitative estimate of drug-likeness (QED) is 0.875. The summed E-state index contributed by atoms with van der Waals surface area (Å²) in [7, 11) is 1.77. The lowest BCUT2D eigenvalue weighted by Gasteiger charge is -2.30. The topological polar surface area (TPSA) is 61.4 Å². The molecule has 1 aromatic carbocycles. The molecule has 5 heteroatoms. The highest BCUT2D eigenvalue weighted by Crippen LogP contribution is 2.14. The number of hydrogen-bond donors (Lipinski definition) is 2. The zero-order valence-electron chi connectivity index (χ0n) is 14.3. The van der Waals surface area contributed by atoms with E-state index in [0.717, 1.165) is 12.0 Å². The Bertz CT molecular complexity index is 557. The lowest BCUT2D eigenvalue weighted by Crippen LogP contribution is -2.50. The molecule has 1 atom stereocenters. The number of hydrogen-bond acceptors (Lipinski definition) is 2. The number of urea groups is 1. The number of carbonyl (C=O) groups is 2. The molecule has 1 aromatic rings. The second kappa shape index (κ2) is 7.99. The van der Waals surface area contributed by atoms with Crippen LogP contribution in [0.4, 0.5) is 4.79 Å². The van der Waals surface area contributed by atoms with Crippen LogP contribution in [0.15, 0.2) is 24.3 Å². The highest BCUT2D eigenvalue weighted by atomic mass is 16.2. The summed E-state index contributed by atoms with van der Waals surface area (Å²) < 4.78 is 0. The van der Waals surface area contributed by atoms with Gasteiger partial charge in [0.15, 0.2) is 0 Å². The molecular weight excluding hydrogens is 290 g/mol. The van der Waals surface area contributed by atoms with Crippen molar-refractivity contribution in [2.75, 3.05) is 13.6 Å². The summed E-state index contributed by atoms with van der Waals surface area (Å²) in [6.07, 6.45) is 2.22. The summed E-state index contributed by atoms with van der Waals surface area (Å²) in [5, 5.41) is 5.89. The summed E-state index contributed by atoms with van der Waals surface area (Å²) in [5.74, 6) is 0.728. The molecule has 0 saturated carbocycles. The Morgan fingerprint density at radius 2 is 2.00 bits per heavy atom. The summed E-state index contributed by atoms with van der Waals surface area (Å²) in [6, 6.07) is 8.08. The molecule has 1 unspecified atom stereocenters. The molecule has 0 spiro atoms. The van der Waals surface area contributed by atoms with Crippen molar-refractivity contribution in [3.63, 3.8) is 0 Å². The van der Waals surface area contributed by atoms with Crippen molar-refractivity contribution in [2.45, 2.75) is 45.7 Å². The van der Waals surface area contributed by atoms with Crippen molar-refractivity contribution >= 4 is 11.9 Å². The number of likely N-dealkylation sites (N-methyl/N-ethyl adjacent to an activating group) is 1. The first-order valence-electron chi connectivity index (χ1n) is 8.30. The first-order valence-corrected chi connectivity index (χ1v) is 8.30. The summed E-state index contributed by atoms with van der Waals surface area (Å²) in [5.41, 5.74) is 2.44. The summed E-state index contributed by atoms with van der Waals surface area (Å²) in [6.45, 7) is 5.49. The molecule has 0 bridgehead atoms. The fraction of sp³-hybridized carbons (Fsp3) is 0.556. The number of benzene rings is 1. The SMILES string of the molecule is CC(C)Cc1ccccc1CNC(=O)NC1CCC(=O)N(C)C1. The van der Waals surface area contributed by atoms with Crippen LogP contribution < -0.4 is 10.6 Å². The number of amides is 3. The van der Waals surface area contributed by atoms with E-state index in [9.17, 15) is 9.59 Å². The van der Waals surface area contributed by atoms with Gasteiger partial charge < -0.3 is 15.5 Å². The van der Waals surface area contributed by atoms with E-state index in [1.54, 1.807) is 11.9 Å². The van der Waals surface area contributed by atoms with Gasteiger partial charge in [0, 0.05) is 32.6 Å². The van der Waals surface area contributed by atoms with Crippen molar-refractivity contribution in [1.82, 2.24) is 15.5 Å². The summed E-state index contributed by atoms with van der Waals surface area (Å²) in [4.78, 5) is 25.2. The van der Waals surface area contributed by atoms with Crippen molar-refractivity contribution < 1.29 is 9.59 Å². The molecule has 126 valence electrons. The summed E-state index contributed by atoms with van der Waals surface area (Å²) >= 11 is 0. The Balaban J connectivity index is 1.84. The van der Waals surface area contributed by atoms with Crippen LogP contribution in [-0.4, -0.2) is 36.5 Å². The molecule has 1 saturated heterocycles. The van der Waals surface area contributed by atoms with Crippen LogP contribution in [0.3, 0.4) is 0 Å². The molecule has 0 aliphatic carbocycles. The molecule has 5 nitrogen and oxygen atoms in total. The van der Waals surface area contributed by atoms with E-state index in [0.29, 0.717) is 31.8 Å². The van der Waals surface area contributed by atoms with Crippen molar-refractivity contribution in [1.29, 1.82) is 0 Å². The third kappa shape index (κ3) is 5.27. The van der Waals surface area contributed by atoms with Crippen LogP contribution in [0.2, 0.25) is 0 Å². The monoisotopic (exact) mass is 317 g/mol. The third-order valence-electron chi connectivity index (χ3n) is 4.15. The number of piperidine rings is 1. The largest absolute Gasteiger partial charge is 0.344 e. The smallest absolute Gasteiger partial charge is 0.315 e. The van der Waals surface area contributed by atoms with Gasteiger partial charge in [0.1, 0.15) is 0 Å². The minimum Gasteiger partial charge on any atom is -0.344 e. The van der Waals surface area contributed by atoms with Crippen LogP contribution in [0.1, 0.15) is 37.8 Å². The lowest BCUT2D eigenvalue weighted by molar-refractivity contribution is -0.132. The molecule has 2 rings (SSSR count). The van der Waals surface area contributed by atoms with E-state index in [2.05, 4.69) is 36.6 Å². The van der Waals surface area contributed by atoms with Crippen LogP contribution >= 0.6 is 0 Å². The standard InChI is InChI=1S/C18H27N3O2/c1-13(2)10-14-6-4-5-7-15(14)11-19-18(23)20-16-8-9-17(22)21(3)12-16/h4-7,13,16H,8-12H2,1-3H3,(H2,19,20,23). The molecule has 0 aromatic heterocycles. The number of nitrogens with one attached hydrogen (secondary N) is 2. The molecule has 3 amide bonds. The maximum atomic E-state index is 12.1. The molecule has 0 radical (unpaired) electrons. The van der Waals surface area contributed by atoms with Gasteiger partial charge in [0.25, 0.3) is 0 Å². The average Bonchev–Trinajstić information content (AvgIpc) is 2.49. The predicted molar refractivity (Wildman–Crippen MR) is 91.0 cm³/mol. The maximum absolute atomic E-state index is 12.1. The second-order valence-corrected chi connectivity index (χ2v) is 6.70. The number of likely N-dealkylation sites (tertiary alicyclic amines) is 1. The molecule has 1 aliphatic heterocycles. The Kier molecular flexibility index (Phi) is 6.02. The van der Waals surface area contributed by atoms with Gasteiger partial charge in [-0.05, 0) is 29.9 Å². The molecule has 1 aliphatic rings. The van der Waals surface area contributed by atoms with Gasteiger partial charge in [-0.3, -0.25) is 4.79 Å². The Morgan fingerprint density at radius 1 is 1.30 bits per heavy atom. The van der Waals surface area contributed by atoms with E-state index in [1.165, 1.54) is 5.56 Å². The van der Waals surface area contributed by atoms with Crippen LogP contribution in [-0.2, 0) is 17.8 Å². The Labute approximate surface area is 138 Å². The van der Waals surface area contributed by atoms with E-state index in [-0.39, 0.29) is 18.0 Å². The normalized spacial score (nSPS) is 18.2. The van der Waals surface area contributed by atoms with Gasteiger partial charge in [0.2, 0.25) is 5.91 Å². The molecule has 1 fully saturated rings. The lowest BCUT2D eigenvalue weighted by atomic mass is 9.98. The molecule has 1 heterocycles. The Hall–Kier alpha value is -2.04. The van der Waals surface area contributed by atoms with Gasteiger partial charge in [-0.1, -0.05) is 38.1 Å². The average molecular weight is 317 g/mol. The van der Waals surface area contributed by atoms with E-state index in [4.69, 9.17) is 0 Å². The van der Waals surface area contributed by atoms with Crippen LogP contribution in [0, 0.1) is 5.92 Å². The fourth-order valence-corrected chi connectivity index (χ4v) is 2.91. The van der Waals surface area contributed by atoms with E-state index < -0.39 is 0 Å². The van der Waals surface area contributed by atoms with Gasteiger partial charge in [0.05, 0.1) is 0 Å². The van der Waals surface area contributed by atoms with Gasteiger partial charge in [-0.15, -0.1) is 0 Å². The molecular formula is C18H27N3O2. The number of rotatable bonds is 5. The first kappa shape index (κ1) is 17.3. The van der Waals surface area contributed by atoms with E-state index in [1.807, 2.05) is 12.1 Å². The number of carbonyl (C=O) groups excluding carboxylic acids is 2. The zero-order valence-corrected chi connectivity index (χ0v) is 14.3. The molecule has 2 N–H and O–H groups in total. The number of nitrogens with zero attached hydrogens (tertiary/aromatic N) is 1.